The normalized spacial score (nSPS) is 21.9. The number of hydrogen-bond acceptors (Lipinski definition) is 3. The molecule has 1 aliphatic rings. The summed E-state index contributed by atoms with van der Waals surface area (Å²) in [5.41, 5.74) is 0. The highest BCUT2D eigenvalue weighted by Gasteiger charge is 2.13. The van der Waals surface area contributed by atoms with Gasteiger partial charge in [0.15, 0.2) is 5.82 Å². The van der Waals surface area contributed by atoms with Crippen molar-refractivity contribution in [3.05, 3.63) is 11.6 Å². The number of nitrogens with one attached hydrogen (secondary N) is 1. The molecule has 1 unspecified atom stereocenters. The van der Waals surface area contributed by atoms with Gasteiger partial charge in [0.1, 0.15) is 5.82 Å². The Morgan fingerprint density at radius 1 is 1.53 bits per heavy atom. The molecule has 0 aliphatic carbocycles. The molecular formula is C11H20N4. The lowest BCUT2D eigenvalue weighted by molar-refractivity contribution is 0.356. The first-order valence-corrected chi connectivity index (χ1v) is 5.83. The van der Waals surface area contributed by atoms with Gasteiger partial charge in [-0.25, -0.2) is 4.98 Å². The van der Waals surface area contributed by atoms with Crippen molar-refractivity contribution in [2.45, 2.75) is 32.6 Å². The molecule has 2 heterocycles. The third kappa shape index (κ3) is 2.78. The van der Waals surface area contributed by atoms with Crippen molar-refractivity contribution >= 4 is 0 Å². The second-order valence-electron chi connectivity index (χ2n) is 4.45. The van der Waals surface area contributed by atoms with Crippen molar-refractivity contribution in [3.63, 3.8) is 0 Å². The second-order valence-corrected chi connectivity index (χ2v) is 4.45. The van der Waals surface area contributed by atoms with Gasteiger partial charge in [-0.1, -0.05) is 0 Å². The summed E-state index contributed by atoms with van der Waals surface area (Å²) in [4.78, 5) is 4.43. The van der Waals surface area contributed by atoms with Crippen LogP contribution in [-0.2, 0) is 13.5 Å². The summed E-state index contributed by atoms with van der Waals surface area (Å²) in [5.74, 6) is 2.83. The molecule has 15 heavy (non-hydrogen) atoms. The summed E-state index contributed by atoms with van der Waals surface area (Å²) in [6.07, 6.45) is 4.92. The van der Waals surface area contributed by atoms with Crippen LogP contribution in [0, 0.1) is 12.8 Å². The Kier molecular flexibility index (Phi) is 3.36. The van der Waals surface area contributed by atoms with Gasteiger partial charge in [0, 0.05) is 13.5 Å². The van der Waals surface area contributed by atoms with Gasteiger partial charge in [0.2, 0.25) is 0 Å². The monoisotopic (exact) mass is 208 g/mol. The predicted molar refractivity (Wildman–Crippen MR) is 59.7 cm³/mol. The Morgan fingerprint density at radius 2 is 2.40 bits per heavy atom. The van der Waals surface area contributed by atoms with Crippen LogP contribution in [0.1, 0.15) is 30.9 Å². The molecule has 0 saturated carbocycles. The van der Waals surface area contributed by atoms with Crippen molar-refractivity contribution in [1.82, 2.24) is 20.1 Å². The smallest absolute Gasteiger partial charge is 0.150 e. The minimum Gasteiger partial charge on any atom is -0.316 e. The van der Waals surface area contributed by atoms with Crippen LogP contribution < -0.4 is 5.32 Å². The number of nitrogens with zero attached hydrogens (tertiary/aromatic N) is 3. The summed E-state index contributed by atoms with van der Waals surface area (Å²) >= 11 is 0. The zero-order chi connectivity index (χ0) is 10.7. The molecule has 1 saturated heterocycles. The minimum atomic E-state index is 0.822. The second kappa shape index (κ2) is 4.75. The fraction of sp³-hybridized carbons (Fsp3) is 0.818. The molecule has 0 spiro atoms. The quantitative estimate of drug-likeness (QED) is 0.807. The van der Waals surface area contributed by atoms with Crippen molar-refractivity contribution in [2.75, 3.05) is 13.1 Å². The largest absolute Gasteiger partial charge is 0.316 e. The van der Waals surface area contributed by atoms with Gasteiger partial charge in [0.25, 0.3) is 0 Å². The first-order chi connectivity index (χ1) is 7.25. The third-order valence-electron chi connectivity index (χ3n) is 3.20. The summed E-state index contributed by atoms with van der Waals surface area (Å²) < 4.78 is 1.86. The Bertz CT molecular complexity index is 293. The molecule has 0 bridgehead atoms. The molecule has 0 aromatic carbocycles. The molecule has 1 aromatic rings. The van der Waals surface area contributed by atoms with Crippen LogP contribution in [0.2, 0.25) is 0 Å². The Balaban J connectivity index is 1.81. The first kappa shape index (κ1) is 10.6. The molecule has 1 atom stereocenters. The third-order valence-corrected chi connectivity index (χ3v) is 3.20. The summed E-state index contributed by atoms with van der Waals surface area (Å²) in [6, 6.07) is 0. The fourth-order valence-corrected chi connectivity index (χ4v) is 2.14. The Morgan fingerprint density at radius 3 is 3.00 bits per heavy atom. The maximum absolute atomic E-state index is 4.43. The molecule has 4 heteroatoms. The van der Waals surface area contributed by atoms with Crippen LogP contribution in [0.3, 0.4) is 0 Å². The van der Waals surface area contributed by atoms with Gasteiger partial charge < -0.3 is 5.32 Å². The lowest BCUT2D eigenvalue weighted by Gasteiger charge is -2.21. The lowest BCUT2D eigenvalue weighted by Crippen LogP contribution is -2.30. The molecule has 0 amide bonds. The van der Waals surface area contributed by atoms with Crippen LogP contribution in [0.5, 0.6) is 0 Å². The van der Waals surface area contributed by atoms with Crippen molar-refractivity contribution < 1.29 is 0 Å². The molecular weight excluding hydrogens is 188 g/mol. The highest BCUT2D eigenvalue weighted by molar-refractivity contribution is 4.90. The van der Waals surface area contributed by atoms with Gasteiger partial charge >= 0.3 is 0 Å². The van der Waals surface area contributed by atoms with E-state index < -0.39 is 0 Å². The number of hydrogen-bond donors (Lipinski definition) is 1. The van der Waals surface area contributed by atoms with Crippen molar-refractivity contribution in [2.24, 2.45) is 13.0 Å². The van der Waals surface area contributed by atoms with E-state index in [0.29, 0.717) is 0 Å². The zero-order valence-corrected chi connectivity index (χ0v) is 9.66. The van der Waals surface area contributed by atoms with E-state index >= 15 is 0 Å². The van der Waals surface area contributed by atoms with Crippen molar-refractivity contribution in [3.8, 4) is 0 Å². The summed E-state index contributed by atoms with van der Waals surface area (Å²) in [5, 5.41) is 7.82. The summed E-state index contributed by atoms with van der Waals surface area (Å²) in [6.45, 7) is 4.36. The van der Waals surface area contributed by atoms with Crippen LogP contribution >= 0.6 is 0 Å². The maximum atomic E-state index is 4.43. The van der Waals surface area contributed by atoms with E-state index in [1.165, 1.54) is 32.4 Å². The van der Waals surface area contributed by atoms with E-state index in [1.54, 1.807) is 0 Å². The Labute approximate surface area is 91.1 Å². The molecule has 1 aliphatic heterocycles. The predicted octanol–water partition coefficient (Wildman–Crippen LogP) is 1.06. The van der Waals surface area contributed by atoms with Gasteiger partial charge in [-0.15, -0.1) is 0 Å². The minimum absolute atomic E-state index is 0.822. The van der Waals surface area contributed by atoms with E-state index in [9.17, 15) is 0 Å². The number of piperidine rings is 1. The lowest BCUT2D eigenvalue weighted by atomic mass is 9.95. The molecule has 1 N–H and O–H groups in total. The van der Waals surface area contributed by atoms with Gasteiger partial charge in [-0.05, 0) is 45.2 Å². The summed E-state index contributed by atoms with van der Waals surface area (Å²) in [7, 11) is 1.95. The number of aryl methyl sites for hydroxylation is 3. The van der Waals surface area contributed by atoms with E-state index in [4.69, 9.17) is 0 Å². The van der Waals surface area contributed by atoms with Crippen LogP contribution in [-0.4, -0.2) is 27.9 Å². The first-order valence-electron chi connectivity index (χ1n) is 5.83. The maximum Gasteiger partial charge on any atom is 0.150 e. The fourth-order valence-electron chi connectivity index (χ4n) is 2.14. The molecule has 1 aromatic heterocycles. The highest BCUT2D eigenvalue weighted by atomic mass is 15.3. The van der Waals surface area contributed by atoms with E-state index in [0.717, 1.165) is 24.0 Å². The Hall–Kier alpha value is -0.900. The van der Waals surface area contributed by atoms with E-state index in [-0.39, 0.29) is 0 Å². The standard InChI is InChI=1S/C11H20N4/c1-9-13-11(14-15(9)2)6-5-10-4-3-7-12-8-10/h10,12H,3-8H2,1-2H3. The van der Waals surface area contributed by atoms with Crippen LogP contribution in [0.4, 0.5) is 0 Å². The SMILES string of the molecule is Cc1nc(CCC2CCCNC2)nn1C. The van der Waals surface area contributed by atoms with Gasteiger partial charge in [-0.2, -0.15) is 5.10 Å². The van der Waals surface area contributed by atoms with Gasteiger partial charge in [0.05, 0.1) is 0 Å². The topological polar surface area (TPSA) is 42.7 Å². The average molecular weight is 208 g/mol. The van der Waals surface area contributed by atoms with Crippen molar-refractivity contribution in [1.29, 1.82) is 0 Å². The average Bonchev–Trinajstić information content (AvgIpc) is 2.57. The van der Waals surface area contributed by atoms with Crippen LogP contribution in [0.25, 0.3) is 0 Å². The van der Waals surface area contributed by atoms with Crippen LogP contribution in [0.15, 0.2) is 0 Å². The molecule has 1 fully saturated rings. The number of rotatable bonds is 3. The van der Waals surface area contributed by atoms with E-state index in [1.807, 2.05) is 18.7 Å². The molecule has 2 rings (SSSR count). The molecule has 84 valence electrons. The number of aromatic nitrogens is 3. The molecule has 0 radical (unpaired) electrons. The van der Waals surface area contributed by atoms with E-state index in [2.05, 4.69) is 15.4 Å². The zero-order valence-electron chi connectivity index (χ0n) is 9.66. The molecule has 4 nitrogen and oxygen atoms in total. The highest BCUT2D eigenvalue weighted by Crippen LogP contribution is 2.15. The van der Waals surface area contributed by atoms with Gasteiger partial charge in [-0.3, -0.25) is 4.68 Å².